The highest BCUT2D eigenvalue weighted by Crippen LogP contribution is 2.22. The van der Waals surface area contributed by atoms with E-state index in [2.05, 4.69) is 16.8 Å². The van der Waals surface area contributed by atoms with E-state index in [0.717, 1.165) is 43.8 Å². The molecule has 0 aromatic carbocycles. The van der Waals surface area contributed by atoms with E-state index in [0.29, 0.717) is 6.10 Å². The third-order valence-corrected chi connectivity index (χ3v) is 3.23. The first-order valence-electron chi connectivity index (χ1n) is 6.25. The minimum absolute atomic E-state index is 0.0554. The van der Waals surface area contributed by atoms with Gasteiger partial charge in [-0.1, -0.05) is 0 Å². The van der Waals surface area contributed by atoms with Crippen LogP contribution in [0.1, 0.15) is 25.3 Å². The van der Waals surface area contributed by atoms with Crippen LogP contribution in [0.25, 0.3) is 0 Å². The van der Waals surface area contributed by atoms with Crippen LogP contribution in [0.15, 0.2) is 18.5 Å². The van der Waals surface area contributed by atoms with Crippen molar-refractivity contribution in [3.8, 4) is 0 Å². The Morgan fingerprint density at radius 2 is 2.47 bits per heavy atom. The van der Waals surface area contributed by atoms with Crippen LogP contribution < -0.4 is 4.90 Å². The van der Waals surface area contributed by atoms with Crippen LogP contribution in [0.5, 0.6) is 0 Å². The highest BCUT2D eigenvalue weighted by molar-refractivity contribution is 5.51. The molecule has 1 aromatic heterocycles. The topological polar surface area (TPSA) is 45.6 Å². The maximum atomic E-state index is 9.34. The highest BCUT2D eigenvalue weighted by atomic mass is 16.5. The zero-order chi connectivity index (χ0) is 12.1. The quantitative estimate of drug-likeness (QED) is 0.843. The molecule has 1 fully saturated rings. The number of aromatic nitrogens is 1. The van der Waals surface area contributed by atoms with Crippen molar-refractivity contribution in [2.24, 2.45) is 0 Å². The van der Waals surface area contributed by atoms with Crippen molar-refractivity contribution in [2.45, 2.75) is 32.5 Å². The fraction of sp³-hybridized carbons (Fsp3) is 0.615. The first-order valence-corrected chi connectivity index (χ1v) is 6.25. The summed E-state index contributed by atoms with van der Waals surface area (Å²) in [6.07, 6.45) is 6.15. The van der Waals surface area contributed by atoms with E-state index in [1.807, 2.05) is 12.3 Å². The Morgan fingerprint density at radius 1 is 1.59 bits per heavy atom. The maximum Gasteiger partial charge on any atom is 0.0750 e. The first-order chi connectivity index (χ1) is 8.35. The van der Waals surface area contributed by atoms with Gasteiger partial charge in [0.15, 0.2) is 0 Å². The van der Waals surface area contributed by atoms with Crippen molar-refractivity contribution in [3.05, 3.63) is 24.0 Å². The number of anilines is 1. The largest absolute Gasteiger partial charge is 0.392 e. The van der Waals surface area contributed by atoms with Gasteiger partial charge in [0.2, 0.25) is 0 Å². The zero-order valence-electron chi connectivity index (χ0n) is 10.3. The summed E-state index contributed by atoms with van der Waals surface area (Å²) in [5, 5.41) is 9.34. The molecule has 1 saturated heterocycles. The fourth-order valence-electron chi connectivity index (χ4n) is 2.27. The average molecular weight is 236 g/mol. The molecule has 0 spiro atoms. The lowest BCUT2D eigenvalue weighted by Gasteiger charge is -2.27. The number of hydrogen-bond donors (Lipinski definition) is 1. The molecule has 2 rings (SSSR count). The van der Waals surface area contributed by atoms with Crippen LogP contribution in [0.4, 0.5) is 5.69 Å². The van der Waals surface area contributed by atoms with Crippen molar-refractivity contribution < 1.29 is 9.84 Å². The van der Waals surface area contributed by atoms with Crippen LogP contribution in [-0.4, -0.2) is 35.9 Å². The number of ether oxygens (including phenoxy) is 1. The van der Waals surface area contributed by atoms with Gasteiger partial charge in [0, 0.05) is 31.5 Å². The van der Waals surface area contributed by atoms with Crippen molar-refractivity contribution in [2.75, 3.05) is 24.6 Å². The molecule has 1 aromatic rings. The molecule has 0 saturated carbocycles. The van der Waals surface area contributed by atoms with Gasteiger partial charge in [0.1, 0.15) is 0 Å². The van der Waals surface area contributed by atoms with E-state index in [9.17, 15) is 5.11 Å². The van der Waals surface area contributed by atoms with Crippen LogP contribution in [0.2, 0.25) is 0 Å². The van der Waals surface area contributed by atoms with Crippen molar-refractivity contribution in [3.63, 3.8) is 0 Å². The lowest BCUT2D eigenvalue weighted by atomic mass is 10.2. The first kappa shape index (κ1) is 12.3. The van der Waals surface area contributed by atoms with E-state index in [4.69, 9.17) is 4.74 Å². The molecule has 4 heteroatoms. The molecular weight excluding hydrogens is 216 g/mol. The SMILES string of the molecule is CCN(CC1CCCO1)c1cnccc1CO. The van der Waals surface area contributed by atoms with Gasteiger partial charge < -0.3 is 14.7 Å². The normalized spacial score (nSPS) is 19.5. The Labute approximate surface area is 102 Å². The van der Waals surface area contributed by atoms with E-state index in [-0.39, 0.29) is 6.61 Å². The summed E-state index contributed by atoms with van der Waals surface area (Å²) in [6.45, 7) is 4.83. The summed E-state index contributed by atoms with van der Waals surface area (Å²) in [7, 11) is 0. The molecule has 0 aliphatic carbocycles. The van der Waals surface area contributed by atoms with Crippen molar-refractivity contribution in [1.82, 2.24) is 4.98 Å². The molecule has 1 atom stereocenters. The van der Waals surface area contributed by atoms with Gasteiger partial charge in [-0.15, -0.1) is 0 Å². The number of aliphatic hydroxyl groups is 1. The van der Waals surface area contributed by atoms with Crippen LogP contribution in [-0.2, 0) is 11.3 Å². The van der Waals surface area contributed by atoms with Gasteiger partial charge in [0.05, 0.1) is 24.6 Å². The Morgan fingerprint density at radius 3 is 3.12 bits per heavy atom. The Hall–Kier alpha value is -1.13. The van der Waals surface area contributed by atoms with E-state index in [1.165, 1.54) is 0 Å². The molecule has 1 aliphatic heterocycles. The second kappa shape index (κ2) is 5.98. The third-order valence-electron chi connectivity index (χ3n) is 3.23. The molecule has 0 bridgehead atoms. The summed E-state index contributed by atoms with van der Waals surface area (Å²) >= 11 is 0. The van der Waals surface area contributed by atoms with E-state index in [1.54, 1.807) is 6.20 Å². The summed E-state index contributed by atoms with van der Waals surface area (Å²) in [5.74, 6) is 0. The smallest absolute Gasteiger partial charge is 0.0750 e. The molecule has 1 unspecified atom stereocenters. The predicted molar refractivity (Wildman–Crippen MR) is 67.0 cm³/mol. The number of hydrogen-bond acceptors (Lipinski definition) is 4. The lowest BCUT2D eigenvalue weighted by molar-refractivity contribution is 0.115. The molecule has 1 aliphatic rings. The molecular formula is C13H20N2O2. The second-order valence-corrected chi connectivity index (χ2v) is 4.34. The van der Waals surface area contributed by atoms with Gasteiger partial charge in [-0.25, -0.2) is 0 Å². The molecule has 17 heavy (non-hydrogen) atoms. The number of nitrogens with zero attached hydrogens (tertiary/aromatic N) is 2. The lowest BCUT2D eigenvalue weighted by Crippen LogP contribution is -2.32. The predicted octanol–water partition coefficient (Wildman–Crippen LogP) is 1.58. The average Bonchev–Trinajstić information content (AvgIpc) is 2.89. The number of aliphatic hydroxyl groups excluding tert-OH is 1. The molecule has 1 N–H and O–H groups in total. The summed E-state index contributed by atoms with van der Waals surface area (Å²) in [5.41, 5.74) is 1.95. The minimum atomic E-state index is 0.0554. The highest BCUT2D eigenvalue weighted by Gasteiger charge is 2.19. The molecule has 94 valence electrons. The molecule has 2 heterocycles. The molecule has 0 radical (unpaired) electrons. The summed E-state index contributed by atoms with van der Waals surface area (Å²) in [4.78, 5) is 6.37. The van der Waals surface area contributed by atoms with E-state index < -0.39 is 0 Å². The zero-order valence-corrected chi connectivity index (χ0v) is 10.3. The standard InChI is InChI=1S/C13H20N2O2/c1-2-15(9-12-4-3-7-17-12)13-8-14-6-5-11(13)10-16/h5-6,8,12,16H,2-4,7,9-10H2,1H3. The van der Waals surface area contributed by atoms with Crippen molar-refractivity contribution in [1.29, 1.82) is 0 Å². The number of pyridine rings is 1. The Bertz CT molecular complexity index is 351. The maximum absolute atomic E-state index is 9.34. The Balaban J connectivity index is 2.10. The fourth-order valence-corrected chi connectivity index (χ4v) is 2.27. The third kappa shape index (κ3) is 2.96. The van der Waals surface area contributed by atoms with Crippen LogP contribution in [0.3, 0.4) is 0 Å². The second-order valence-electron chi connectivity index (χ2n) is 4.34. The van der Waals surface area contributed by atoms with Gasteiger partial charge >= 0.3 is 0 Å². The van der Waals surface area contributed by atoms with Gasteiger partial charge in [-0.05, 0) is 25.8 Å². The van der Waals surface area contributed by atoms with Gasteiger partial charge in [0.25, 0.3) is 0 Å². The number of likely N-dealkylation sites (N-methyl/N-ethyl adjacent to an activating group) is 1. The molecule has 4 nitrogen and oxygen atoms in total. The Kier molecular flexibility index (Phi) is 4.34. The van der Waals surface area contributed by atoms with Crippen LogP contribution >= 0.6 is 0 Å². The monoisotopic (exact) mass is 236 g/mol. The number of rotatable bonds is 5. The minimum Gasteiger partial charge on any atom is -0.392 e. The summed E-state index contributed by atoms with van der Waals surface area (Å²) < 4.78 is 5.66. The van der Waals surface area contributed by atoms with Crippen LogP contribution in [0, 0.1) is 0 Å². The van der Waals surface area contributed by atoms with Crippen molar-refractivity contribution >= 4 is 5.69 Å². The summed E-state index contributed by atoms with van der Waals surface area (Å²) in [6, 6.07) is 1.87. The van der Waals surface area contributed by atoms with E-state index >= 15 is 0 Å². The van der Waals surface area contributed by atoms with Gasteiger partial charge in [-0.2, -0.15) is 0 Å². The molecule has 0 amide bonds. The van der Waals surface area contributed by atoms with Gasteiger partial charge in [-0.3, -0.25) is 4.98 Å².